The highest BCUT2D eigenvalue weighted by molar-refractivity contribution is 7.20. The van der Waals surface area contributed by atoms with E-state index in [0.717, 1.165) is 46.3 Å². The fraction of sp³-hybridized carbons (Fsp3) is 0.409. The van der Waals surface area contributed by atoms with Crippen molar-refractivity contribution in [2.45, 2.75) is 32.7 Å². The number of aromatic nitrogens is 5. The third kappa shape index (κ3) is 3.39. The summed E-state index contributed by atoms with van der Waals surface area (Å²) in [4.78, 5) is 36.8. The van der Waals surface area contributed by atoms with E-state index < -0.39 is 0 Å². The van der Waals surface area contributed by atoms with Crippen LogP contribution in [0.25, 0.3) is 16.0 Å². The summed E-state index contributed by atoms with van der Waals surface area (Å²) in [6.45, 7) is 8.30. The van der Waals surface area contributed by atoms with Gasteiger partial charge in [0.05, 0.1) is 17.6 Å². The molecular formula is C22H24N8OS. The summed E-state index contributed by atoms with van der Waals surface area (Å²) >= 11 is 1.31. The van der Waals surface area contributed by atoms with Gasteiger partial charge >= 0.3 is 0 Å². The van der Waals surface area contributed by atoms with Crippen molar-refractivity contribution >= 4 is 44.9 Å². The Morgan fingerprint density at radius 3 is 2.78 bits per heavy atom. The summed E-state index contributed by atoms with van der Waals surface area (Å²) in [6, 6.07) is 4.62. The van der Waals surface area contributed by atoms with E-state index in [1.165, 1.54) is 37.3 Å². The largest absolute Gasteiger partial charge is 0.355 e. The first-order valence-electron chi connectivity index (χ1n) is 10.9. The second-order valence-electron chi connectivity index (χ2n) is 8.57. The Bertz CT molecular complexity index is 1340. The molecule has 0 saturated carbocycles. The number of thiazole rings is 1. The van der Waals surface area contributed by atoms with Crippen LogP contribution < -0.4 is 10.2 Å². The molecule has 32 heavy (non-hydrogen) atoms. The van der Waals surface area contributed by atoms with Crippen molar-refractivity contribution in [1.82, 2.24) is 29.2 Å². The first-order chi connectivity index (χ1) is 15.5. The lowest BCUT2D eigenvalue weighted by atomic mass is 10.1. The Hall–Kier alpha value is -3.11. The number of fused-ring (bicyclic) bond motifs is 2. The number of imidazole rings is 1. The molecule has 6 rings (SSSR count). The quantitative estimate of drug-likeness (QED) is 0.513. The van der Waals surface area contributed by atoms with Gasteiger partial charge in [0, 0.05) is 25.3 Å². The van der Waals surface area contributed by atoms with Gasteiger partial charge in [0.2, 0.25) is 0 Å². The van der Waals surface area contributed by atoms with E-state index in [4.69, 9.17) is 4.98 Å². The van der Waals surface area contributed by atoms with E-state index in [1.54, 1.807) is 6.20 Å². The maximum Gasteiger partial charge on any atom is 0.285 e. The highest BCUT2D eigenvalue weighted by Gasteiger charge is 2.31. The van der Waals surface area contributed by atoms with Gasteiger partial charge in [-0.25, -0.2) is 19.9 Å². The molecular weight excluding hydrogens is 424 g/mol. The maximum atomic E-state index is 12.9. The van der Waals surface area contributed by atoms with Gasteiger partial charge in [-0.3, -0.25) is 9.69 Å². The fourth-order valence-corrected chi connectivity index (χ4v) is 5.37. The number of hydrogen-bond donors (Lipinski definition) is 1. The number of nitrogens with zero attached hydrogens (tertiary/aromatic N) is 7. The number of nitrogens with one attached hydrogen (secondary N) is 1. The molecule has 4 aromatic rings. The van der Waals surface area contributed by atoms with Crippen molar-refractivity contribution in [2.24, 2.45) is 0 Å². The summed E-state index contributed by atoms with van der Waals surface area (Å²) in [5.74, 6) is 1.16. The Labute approximate surface area is 189 Å². The van der Waals surface area contributed by atoms with Gasteiger partial charge in [0.25, 0.3) is 5.91 Å². The maximum absolute atomic E-state index is 12.9. The second-order valence-corrected chi connectivity index (χ2v) is 9.55. The average molecular weight is 449 g/mol. The van der Waals surface area contributed by atoms with Crippen LogP contribution in [0.15, 0.2) is 24.5 Å². The minimum absolute atomic E-state index is 0.281. The summed E-state index contributed by atoms with van der Waals surface area (Å²) < 4.78 is 1.88. The molecule has 2 aliphatic heterocycles. The van der Waals surface area contributed by atoms with Crippen molar-refractivity contribution in [3.8, 4) is 0 Å². The fourth-order valence-electron chi connectivity index (χ4n) is 4.54. The molecule has 10 heteroatoms. The minimum atomic E-state index is -0.281. The predicted octanol–water partition coefficient (Wildman–Crippen LogP) is 2.89. The van der Waals surface area contributed by atoms with Crippen LogP contribution in [0, 0.1) is 13.8 Å². The van der Waals surface area contributed by atoms with Crippen molar-refractivity contribution in [3.63, 3.8) is 0 Å². The van der Waals surface area contributed by atoms with Gasteiger partial charge in [-0.05, 0) is 51.9 Å². The van der Waals surface area contributed by atoms with Gasteiger partial charge in [-0.15, -0.1) is 0 Å². The molecule has 164 valence electrons. The van der Waals surface area contributed by atoms with Gasteiger partial charge in [-0.1, -0.05) is 11.3 Å². The number of likely N-dealkylation sites (tertiary alicyclic amines) is 1. The molecule has 1 amide bonds. The van der Waals surface area contributed by atoms with E-state index in [2.05, 4.69) is 30.1 Å². The van der Waals surface area contributed by atoms with Crippen molar-refractivity contribution < 1.29 is 4.79 Å². The lowest BCUT2D eigenvalue weighted by molar-refractivity contribution is 0.102. The number of anilines is 2. The Balaban J connectivity index is 1.21. The van der Waals surface area contributed by atoms with Crippen LogP contribution in [0.1, 0.15) is 34.0 Å². The third-order valence-electron chi connectivity index (χ3n) is 6.30. The number of aryl methyl sites for hydroxylation is 2. The van der Waals surface area contributed by atoms with E-state index in [0.29, 0.717) is 16.9 Å². The standard InChI is InChI=1S/C22H24N8OS/c1-13-10-30-12-17(24-14(2)19(30)23-13)26-20(31)22-25-16-4-5-18(27-21(16)32-22)29-9-6-15(11-29)28-7-3-8-28/h4-5,10,12,15H,3,6-9,11H2,1-2H3,(H,26,31). The number of rotatable bonds is 4. The minimum Gasteiger partial charge on any atom is -0.355 e. The third-order valence-corrected chi connectivity index (χ3v) is 7.26. The van der Waals surface area contributed by atoms with Crippen molar-refractivity contribution in [1.29, 1.82) is 0 Å². The lowest BCUT2D eigenvalue weighted by Crippen LogP contribution is -2.46. The monoisotopic (exact) mass is 448 g/mol. The molecule has 0 radical (unpaired) electrons. The lowest BCUT2D eigenvalue weighted by Gasteiger charge is -2.36. The van der Waals surface area contributed by atoms with E-state index in [9.17, 15) is 4.79 Å². The molecule has 0 bridgehead atoms. The van der Waals surface area contributed by atoms with Crippen molar-refractivity contribution in [3.05, 3.63) is 40.9 Å². The van der Waals surface area contributed by atoms with Crippen molar-refractivity contribution in [2.75, 3.05) is 36.4 Å². The van der Waals surface area contributed by atoms with Gasteiger partial charge in [-0.2, -0.15) is 0 Å². The van der Waals surface area contributed by atoms with Gasteiger partial charge in [0.1, 0.15) is 22.0 Å². The van der Waals surface area contributed by atoms with Crippen LogP contribution in [0.3, 0.4) is 0 Å². The van der Waals surface area contributed by atoms with Crippen LogP contribution in [0.5, 0.6) is 0 Å². The average Bonchev–Trinajstić information content (AvgIpc) is 3.43. The molecule has 4 aromatic heterocycles. The number of amides is 1. The molecule has 2 saturated heterocycles. The summed E-state index contributed by atoms with van der Waals surface area (Å²) in [6.07, 6.45) is 6.18. The number of carbonyl (C=O) groups excluding carboxylic acids is 1. The smallest absolute Gasteiger partial charge is 0.285 e. The Kier molecular flexibility index (Phi) is 4.58. The zero-order chi connectivity index (χ0) is 21.8. The summed E-state index contributed by atoms with van der Waals surface area (Å²) in [5.41, 5.74) is 3.19. The molecule has 9 nitrogen and oxygen atoms in total. The number of pyridine rings is 1. The van der Waals surface area contributed by atoms with Crippen LogP contribution >= 0.6 is 11.3 Å². The first-order valence-corrected chi connectivity index (χ1v) is 11.8. The Morgan fingerprint density at radius 1 is 1.09 bits per heavy atom. The molecule has 1 N–H and O–H groups in total. The Morgan fingerprint density at radius 2 is 1.97 bits per heavy atom. The summed E-state index contributed by atoms with van der Waals surface area (Å²) in [5, 5.41) is 3.25. The highest BCUT2D eigenvalue weighted by Crippen LogP contribution is 2.28. The molecule has 1 unspecified atom stereocenters. The first kappa shape index (κ1) is 19.6. The normalized spacial score (nSPS) is 19.1. The summed E-state index contributed by atoms with van der Waals surface area (Å²) in [7, 11) is 0. The SMILES string of the molecule is Cc1cn2cc(NC(=O)c3nc4ccc(N5CCC(N6CCC6)C5)nc4s3)nc(C)c2n1. The number of hydrogen-bond acceptors (Lipinski definition) is 8. The topological polar surface area (TPSA) is 91.6 Å². The molecule has 1 atom stereocenters. The molecule has 6 heterocycles. The van der Waals surface area contributed by atoms with Crippen LogP contribution in [-0.2, 0) is 0 Å². The van der Waals surface area contributed by atoms with E-state index >= 15 is 0 Å². The molecule has 0 spiro atoms. The number of carbonyl (C=O) groups is 1. The van der Waals surface area contributed by atoms with Gasteiger partial charge in [0.15, 0.2) is 10.7 Å². The molecule has 0 aliphatic carbocycles. The predicted molar refractivity (Wildman–Crippen MR) is 125 cm³/mol. The van der Waals surface area contributed by atoms with E-state index in [-0.39, 0.29) is 5.91 Å². The molecule has 2 fully saturated rings. The van der Waals surface area contributed by atoms with Gasteiger partial charge < -0.3 is 14.6 Å². The molecule has 2 aliphatic rings. The van der Waals surface area contributed by atoms with Crippen LogP contribution in [-0.4, -0.2) is 67.4 Å². The highest BCUT2D eigenvalue weighted by atomic mass is 32.1. The van der Waals surface area contributed by atoms with Crippen LogP contribution in [0.2, 0.25) is 0 Å². The zero-order valence-electron chi connectivity index (χ0n) is 18.1. The molecule has 0 aromatic carbocycles. The van der Waals surface area contributed by atoms with Crippen LogP contribution in [0.4, 0.5) is 11.6 Å². The van der Waals surface area contributed by atoms with E-state index in [1.807, 2.05) is 36.6 Å². The zero-order valence-corrected chi connectivity index (χ0v) is 18.9. The second kappa shape index (κ2) is 7.49.